The summed E-state index contributed by atoms with van der Waals surface area (Å²) in [7, 11) is 0. The Hall–Kier alpha value is -2.41. The summed E-state index contributed by atoms with van der Waals surface area (Å²) in [5.74, 6) is -0.161. The number of ether oxygens (including phenoxy) is 1. The Balaban J connectivity index is 1.73. The van der Waals surface area contributed by atoms with Gasteiger partial charge in [0.15, 0.2) is 0 Å². The molecule has 0 saturated carbocycles. The molecule has 7 nitrogen and oxygen atoms in total. The molecule has 164 valence electrons. The van der Waals surface area contributed by atoms with Gasteiger partial charge in [0.05, 0.1) is 13.2 Å². The molecule has 0 aromatic heterocycles. The topological polar surface area (TPSA) is 79.0 Å². The molecule has 3 rings (SSSR count). The molecule has 2 aliphatic heterocycles. The predicted octanol–water partition coefficient (Wildman–Crippen LogP) is 1.85. The number of rotatable bonds is 5. The van der Waals surface area contributed by atoms with Crippen LogP contribution in [0.2, 0.25) is 0 Å². The van der Waals surface area contributed by atoms with E-state index in [4.69, 9.17) is 4.74 Å². The lowest BCUT2D eigenvalue weighted by molar-refractivity contribution is -0.140. The average Bonchev–Trinajstić information content (AvgIpc) is 2.77. The highest BCUT2D eigenvalue weighted by Crippen LogP contribution is 2.24. The van der Waals surface area contributed by atoms with Crippen molar-refractivity contribution in [3.05, 3.63) is 35.4 Å². The van der Waals surface area contributed by atoms with Crippen LogP contribution in [0.25, 0.3) is 0 Å². The number of benzene rings is 1. The number of piperidine rings is 1. The van der Waals surface area contributed by atoms with Gasteiger partial charge < -0.3 is 19.9 Å². The van der Waals surface area contributed by atoms with Crippen molar-refractivity contribution in [2.24, 2.45) is 11.8 Å². The normalized spacial score (nSPS) is 18.9. The summed E-state index contributed by atoms with van der Waals surface area (Å²) in [5.41, 5.74) is 1.56. The maximum atomic E-state index is 13.3. The number of nitrogens with one attached hydrogen (secondary N) is 1. The molecular weight excluding hydrogens is 382 g/mol. The van der Waals surface area contributed by atoms with E-state index in [-0.39, 0.29) is 29.6 Å². The predicted molar refractivity (Wildman–Crippen MR) is 114 cm³/mol. The lowest BCUT2D eigenvalue weighted by Gasteiger charge is -2.39. The Kier molecular flexibility index (Phi) is 7.48. The molecule has 3 amide bonds. The third kappa shape index (κ3) is 5.39. The molecule has 1 unspecified atom stereocenters. The van der Waals surface area contributed by atoms with Gasteiger partial charge in [0.2, 0.25) is 11.8 Å². The number of amides is 3. The first-order chi connectivity index (χ1) is 14.4. The van der Waals surface area contributed by atoms with Crippen molar-refractivity contribution in [2.75, 3.05) is 39.4 Å². The van der Waals surface area contributed by atoms with E-state index < -0.39 is 6.04 Å². The van der Waals surface area contributed by atoms with Crippen molar-refractivity contribution < 1.29 is 19.1 Å². The summed E-state index contributed by atoms with van der Waals surface area (Å²) < 4.78 is 5.38. The van der Waals surface area contributed by atoms with Gasteiger partial charge in [0.1, 0.15) is 6.04 Å². The van der Waals surface area contributed by atoms with Crippen LogP contribution in [0.5, 0.6) is 0 Å². The van der Waals surface area contributed by atoms with E-state index in [1.165, 1.54) is 0 Å². The van der Waals surface area contributed by atoms with Crippen LogP contribution in [0.3, 0.4) is 0 Å². The number of carbonyl (C=O) groups is 3. The van der Waals surface area contributed by atoms with Gasteiger partial charge in [-0.25, -0.2) is 0 Å². The molecule has 30 heavy (non-hydrogen) atoms. The Bertz CT molecular complexity index is 765. The van der Waals surface area contributed by atoms with E-state index >= 15 is 0 Å². The minimum atomic E-state index is -0.590. The number of carbonyl (C=O) groups excluding carboxylic acids is 3. The summed E-state index contributed by atoms with van der Waals surface area (Å²) in [6.45, 7) is 9.11. The Morgan fingerprint density at radius 1 is 1.00 bits per heavy atom. The highest BCUT2D eigenvalue weighted by atomic mass is 16.5. The molecule has 1 aromatic rings. The van der Waals surface area contributed by atoms with Crippen LogP contribution < -0.4 is 5.32 Å². The van der Waals surface area contributed by atoms with Gasteiger partial charge in [0.25, 0.3) is 5.91 Å². The smallest absolute Gasteiger partial charge is 0.251 e. The van der Waals surface area contributed by atoms with Crippen LogP contribution in [0.4, 0.5) is 0 Å². The van der Waals surface area contributed by atoms with Crippen LogP contribution in [-0.4, -0.2) is 73.0 Å². The zero-order valence-corrected chi connectivity index (χ0v) is 18.2. The molecule has 2 fully saturated rings. The number of aryl methyl sites for hydroxylation is 1. The van der Waals surface area contributed by atoms with Gasteiger partial charge in [-0.05, 0) is 37.8 Å². The molecule has 2 heterocycles. The van der Waals surface area contributed by atoms with Gasteiger partial charge in [-0.3, -0.25) is 14.4 Å². The van der Waals surface area contributed by atoms with Crippen LogP contribution in [0.1, 0.15) is 42.6 Å². The van der Waals surface area contributed by atoms with Crippen LogP contribution in [0, 0.1) is 18.8 Å². The highest BCUT2D eigenvalue weighted by molar-refractivity contribution is 5.97. The Morgan fingerprint density at radius 3 is 2.23 bits per heavy atom. The molecule has 0 spiro atoms. The molecule has 0 bridgehead atoms. The third-order valence-electron chi connectivity index (χ3n) is 5.97. The first kappa shape index (κ1) is 22.3. The molecule has 0 aliphatic carbocycles. The molecule has 2 aliphatic rings. The van der Waals surface area contributed by atoms with Crippen LogP contribution in [0.15, 0.2) is 24.3 Å². The Labute approximate surface area is 178 Å². The fourth-order valence-corrected chi connectivity index (χ4v) is 4.19. The minimum absolute atomic E-state index is 0.00492. The second-order valence-electron chi connectivity index (χ2n) is 8.58. The maximum Gasteiger partial charge on any atom is 0.251 e. The third-order valence-corrected chi connectivity index (χ3v) is 5.97. The van der Waals surface area contributed by atoms with Crippen molar-refractivity contribution in [3.8, 4) is 0 Å². The van der Waals surface area contributed by atoms with Crippen LogP contribution >= 0.6 is 0 Å². The van der Waals surface area contributed by atoms with E-state index in [9.17, 15) is 14.4 Å². The maximum absolute atomic E-state index is 13.3. The van der Waals surface area contributed by atoms with Gasteiger partial charge >= 0.3 is 0 Å². The number of hydrogen-bond donors (Lipinski definition) is 1. The summed E-state index contributed by atoms with van der Waals surface area (Å²) in [5, 5.41) is 3.02. The van der Waals surface area contributed by atoms with Gasteiger partial charge in [-0.1, -0.05) is 31.5 Å². The van der Waals surface area contributed by atoms with Crippen molar-refractivity contribution in [2.45, 2.75) is 39.7 Å². The summed E-state index contributed by atoms with van der Waals surface area (Å²) in [6.07, 6.45) is 1.40. The molecule has 1 atom stereocenters. The van der Waals surface area contributed by atoms with E-state index in [0.717, 1.165) is 5.56 Å². The second-order valence-corrected chi connectivity index (χ2v) is 8.58. The van der Waals surface area contributed by atoms with Gasteiger partial charge in [0, 0.05) is 37.7 Å². The molecular formula is C23H33N3O4. The highest BCUT2D eigenvalue weighted by Gasteiger charge is 2.36. The first-order valence-electron chi connectivity index (χ1n) is 10.9. The zero-order chi connectivity index (χ0) is 21.7. The molecule has 2 saturated heterocycles. The van der Waals surface area contributed by atoms with Crippen LogP contribution in [-0.2, 0) is 14.3 Å². The lowest BCUT2D eigenvalue weighted by atomic mass is 9.87. The molecule has 7 heteroatoms. The monoisotopic (exact) mass is 415 g/mol. The summed E-state index contributed by atoms with van der Waals surface area (Å²) in [6, 6.07) is 6.79. The van der Waals surface area contributed by atoms with E-state index in [1.807, 2.05) is 43.9 Å². The standard InChI is InChI=1S/C23H33N3O4/c1-16(2)22(28)25-9-7-18(8-10-25)20(23(29)26-11-13-30-14-12-26)24-21(27)19-6-4-5-17(3)15-19/h4-6,15-16,18,20H,7-14H2,1-3H3,(H,24,27). The van der Waals surface area contributed by atoms with Gasteiger partial charge in [-0.2, -0.15) is 0 Å². The number of likely N-dealkylation sites (tertiary alicyclic amines) is 1. The number of hydrogen-bond acceptors (Lipinski definition) is 4. The molecule has 0 radical (unpaired) electrons. The lowest BCUT2D eigenvalue weighted by Crippen LogP contribution is -2.56. The largest absolute Gasteiger partial charge is 0.378 e. The fourth-order valence-electron chi connectivity index (χ4n) is 4.19. The Morgan fingerprint density at radius 2 is 1.63 bits per heavy atom. The quantitative estimate of drug-likeness (QED) is 0.796. The van der Waals surface area contributed by atoms with Gasteiger partial charge in [-0.15, -0.1) is 0 Å². The fraction of sp³-hybridized carbons (Fsp3) is 0.609. The summed E-state index contributed by atoms with van der Waals surface area (Å²) >= 11 is 0. The second kappa shape index (κ2) is 10.1. The number of nitrogens with zero attached hydrogens (tertiary/aromatic N) is 2. The zero-order valence-electron chi connectivity index (χ0n) is 18.2. The molecule has 1 aromatic carbocycles. The molecule has 1 N–H and O–H groups in total. The van der Waals surface area contributed by atoms with Crippen molar-refractivity contribution >= 4 is 17.7 Å². The first-order valence-corrected chi connectivity index (χ1v) is 10.9. The summed E-state index contributed by atoms with van der Waals surface area (Å²) in [4.78, 5) is 42.2. The SMILES string of the molecule is Cc1cccc(C(=O)NC(C(=O)N2CCOCC2)C2CCN(C(=O)C(C)C)CC2)c1. The minimum Gasteiger partial charge on any atom is -0.378 e. The average molecular weight is 416 g/mol. The van der Waals surface area contributed by atoms with E-state index in [2.05, 4.69) is 5.32 Å². The van der Waals surface area contributed by atoms with E-state index in [1.54, 1.807) is 11.0 Å². The van der Waals surface area contributed by atoms with Crippen molar-refractivity contribution in [1.29, 1.82) is 0 Å². The van der Waals surface area contributed by atoms with Crippen molar-refractivity contribution in [3.63, 3.8) is 0 Å². The number of morpholine rings is 1. The van der Waals surface area contributed by atoms with E-state index in [0.29, 0.717) is 57.8 Å². The van der Waals surface area contributed by atoms with Crippen molar-refractivity contribution in [1.82, 2.24) is 15.1 Å².